The van der Waals surface area contributed by atoms with Crippen LogP contribution in [0.5, 0.6) is 0 Å². The van der Waals surface area contributed by atoms with Gasteiger partial charge in [-0.05, 0) is 25.1 Å². The van der Waals surface area contributed by atoms with Crippen molar-refractivity contribution in [2.75, 3.05) is 13.1 Å². The van der Waals surface area contributed by atoms with E-state index >= 15 is 0 Å². The highest BCUT2D eigenvalue weighted by molar-refractivity contribution is 7.13. The van der Waals surface area contributed by atoms with Gasteiger partial charge in [-0.15, -0.1) is 0 Å². The molecule has 0 atom stereocenters. The van der Waals surface area contributed by atoms with Crippen molar-refractivity contribution >= 4 is 21.6 Å². The van der Waals surface area contributed by atoms with Crippen molar-refractivity contribution in [2.45, 2.75) is 13.0 Å². The van der Waals surface area contributed by atoms with Gasteiger partial charge in [-0.1, -0.05) is 35.3 Å². The highest BCUT2D eigenvalue weighted by Crippen LogP contribution is 2.17. The zero-order valence-corrected chi connectivity index (χ0v) is 10.3. The lowest BCUT2D eigenvalue weighted by atomic mass is 10.1. The van der Waals surface area contributed by atoms with E-state index in [1.54, 1.807) is 11.5 Å². The third-order valence-electron chi connectivity index (χ3n) is 3.06. The topological polar surface area (TPSA) is 34.0 Å². The largest absolute Gasteiger partial charge is 0.313 e. The number of nitrogens with one attached hydrogen (secondary N) is 1. The molecule has 1 aliphatic heterocycles. The van der Waals surface area contributed by atoms with Gasteiger partial charge in [0, 0.05) is 6.54 Å². The highest BCUT2D eigenvalue weighted by atomic mass is 32.1. The number of fused-ring (bicyclic) bond motifs is 1. The molecule has 0 aliphatic carbocycles. The maximum Gasteiger partial charge on any atom is 0.268 e. The summed E-state index contributed by atoms with van der Waals surface area (Å²) in [6.07, 6.45) is 3.24. The molecule has 1 N–H and O–H groups in total. The fourth-order valence-electron chi connectivity index (χ4n) is 2.12. The number of aromatic nitrogens is 1. The average Bonchev–Trinajstić information content (AvgIpc) is 2.68. The van der Waals surface area contributed by atoms with Crippen LogP contribution in [0.25, 0.3) is 10.1 Å². The molecule has 0 bridgehead atoms. The quantitative estimate of drug-likeness (QED) is 0.822. The molecule has 0 fully saturated rings. The molecule has 0 spiro atoms. The van der Waals surface area contributed by atoms with Crippen LogP contribution >= 0.6 is 11.5 Å². The minimum atomic E-state index is 0.144. The summed E-state index contributed by atoms with van der Waals surface area (Å²) >= 11 is 1.56. The van der Waals surface area contributed by atoms with Gasteiger partial charge < -0.3 is 5.32 Å². The van der Waals surface area contributed by atoms with Crippen molar-refractivity contribution < 1.29 is 0 Å². The molecule has 1 aromatic carbocycles. The van der Waals surface area contributed by atoms with E-state index in [9.17, 15) is 4.79 Å². The zero-order valence-electron chi connectivity index (χ0n) is 9.48. The van der Waals surface area contributed by atoms with E-state index in [2.05, 4.69) is 11.4 Å². The van der Waals surface area contributed by atoms with Gasteiger partial charge in [0.15, 0.2) is 0 Å². The first-order valence-corrected chi connectivity index (χ1v) is 6.59. The molecule has 0 amide bonds. The monoisotopic (exact) mass is 246 g/mol. The normalized spacial score (nSPS) is 16.1. The number of hydrogen-bond acceptors (Lipinski definition) is 3. The number of hydrogen-bond donors (Lipinski definition) is 1. The lowest BCUT2D eigenvalue weighted by Gasteiger charge is -2.13. The molecule has 4 heteroatoms. The molecule has 0 saturated heterocycles. The van der Waals surface area contributed by atoms with Crippen molar-refractivity contribution in [1.29, 1.82) is 0 Å². The molecular formula is C13H14N2OS. The second-order valence-corrected chi connectivity index (χ2v) is 5.31. The molecule has 3 nitrogen and oxygen atoms in total. The molecule has 1 aromatic heterocycles. The standard InChI is InChI=1S/C13H14N2OS/c16-13-11-3-1-2-4-12(11)17-15(13)9-10-5-7-14-8-6-10/h1-5,14H,6-9H2. The summed E-state index contributed by atoms with van der Waals surface area (Å²) in [4.78, 5) is 12.1. The average molecular weight is 246 g/mol. The number of rotatable bonds is 2. The van der Waals surface area contributed by atoms with E-state index in [1.807, 2.05) is 28.2 Å². The predicted molar refractivity (Wildman–Crippen MR) is 71.7 cm³/mol. The van der Waals surface area contributed by atoms with E-state index < -0.39 is 0 Å². The van der Waals surface area contributed by atoms with Gasteiger partial charge in [-0.3, -0.25) is 8.75 Å². The summed E-state index contributed by atoms with van der Waals surface area (Å²) in [7, 11) is 0. The Kier molecular flexibility index (Phi) is 2.82. The van der Waals surface area contributed by atoms with E-state index in [0.717, 1.165) is 36.1 Å². The van der Waals surface area contributed by atoms with Gasteiger partial charge in [0.05, 0.1) is 16.6 Å². The van der Waals surface area contributed by atoms with Crippen LogP contribution in [0, 0.1) is 0 Å². The molecule has 17 heavy (non-hydrogen) atoms. The van der Waals surface area contributed by atoms with Crippen molar-refractivity contribution in [3.05, 3.63) is 46.3 Å². The van der Waals surface area contributed by atoms with Crippen molar-refractivity contribution in [1.82, 2.24) is 9.27 Å². The van der Waals surface area contributed by atoms with Gasteiger partial charge in [-0.2, -0.15) is 0 Å². The zero-order chi connectivity index (χ0) is 11.7. The molecule has 3 rings (SSSR count). The van der Waals surface area contributed by atoms with Crippen LogP contribution in [-0.4, -0.2) is 17.0 Å². The lowest BCUT2D eigenvalue weighted by molar-refractivity contribution is 0.662. The third kappa shape index (κ3) is 2.06. The van der Waals surface area contributed by atoms with Gasteiger partial charge in [0.1, 0.15) is 0 Å². The van der Waals surface area contributed by atoms with E-state index in [1.165, 1.54) is 5.57 Å². The highest BCUT2D eigenvalue weighted by Gasteiger charge is 2.09. The Labute approximate surface area is 104 Å². The van der Waals surface area contributed by atoms with E-state index in [0.29, 0.717) is 0 Å². The molecule has 0 unspecified atom stereocenters. The molecular weight excluding hydrogens is 232 g/mol. The van der Waals surface area contributed by atoms with Crippen LogP contribution < -0.4 is 10.9 Å². The number of benzene rings is 1. The third-order valence-corrected chi connectivity index (χ3v) is 4.13. The Bertz CT molecular complexity index is 624. The molecule has 1 aliphatic rings. The van der Waals surface area contributed by atoms with Gasteiger partial charge in [0.25, 0.3) is 5.56 Å². The van der Waals surface area contributed by atoms with Crippen molar-refractivity contribution in [3.63, 3.8) is 0 Å². The first kappa shape index (κ1) is 10.7. The van der Waals surface area contributed by atoms with Crippen LogP contribution in [0.1, 0.15) is 6.42 Å². The van der Waals surface area contributed by atoms with Crippen LogP contribution in [0.3, 0.4) is 0 Å². The lowest BCUT2D eigenvalue weighted by Crippen LogP contribution is -2.23. The summed E-state index contributed by atoms with van der Waals surface area (Å²) < 4.78 is 2.94. The van der Waals surface area contributed by atoms with Crippen molar-refractivity contribution in [3.8, 4) is 0 Å². The summed E-state index contributed by atoms with van der Waals surface area (Å²) in [5.41, 5.74) is 1.50. The summed E-state index contributed by atoms with van der Waals surface area (Å²) in [5.74, 6) is 0. The first-order valence-electron chi connectivity index (χ1n) is 5.82. The SMILES string of the molecule is O=c1c2ccccc2sn1CC1=CCNCC1. The molecule has 2 heterocycles. The summed E-state index contributed by atoms with van der Waals surface area (Å²) in [6, 6.07) is 7.81. The Balaban J connectivity index is 1.98. The minimum absolute atomic E-state index is 0.144. The summed E-state index contributed by atoms with van der Waals surface area (Å²) in [6.45, 7) is 2.69. The van der Waals surface area contributed by atoms with Crippen LogP contribution in [0.15, 0.2) is 40.7 Å². The Morgan fingerprint density at radius 2 is 2.24 bits per heavy atom. The smallest absolute Gasteiger partial charge is 0.268 e. The van der Waals surface area contributed by atoms with Crippen molar-refractivity contribution in [2.24, 2.45) is 0 Å². The maximum atomic E-state index is 12.1. The molecule has 88 valence electrons. The summed E-state index contributed by atoms with van der Waals surface area (Å²) in [5, 5.41) is 4.12. The minimum Gasteiger partial charge on any atom is -0.313 e. The Morgan fingerprint density at radius 3 is 3.00 bits per heavy atom. The maximum absolute atomic E-state index is 12.1. The second-order valence-electron chi connectivity index (χ2n) is 4.25. The van der Waals surface area contributed by atoms with Gasteiger partial charge in [0.2, 0.25) is 0 Å². The molecule has 2 aromatic rings. The molecule has 0 saturated carbocycles. The van der Waals surface area contributed by atoms with Gasteiger partial charge >= 0.3 is 0 Å². The molecule has 0 radical (unpaired) electrons. The van der Waals surface area contributed by atoms with Crippen LogP contribution in [-0.2, 0) is 6.54 Å². The predicted octanol–water partition coefficient (Wildman–Crippen LogP) is 1.98. The first-order chi connectivity index (χ1) is 8.34. The fraction of sp³-hybridized carbons (Fsp3) is 0.308. The van der Waals surface area contributed by atoms with Crippen LogP contribution in [0.2, 0.25) is 0 Å². The Hall–Kier alpha value is -1.39. The van der Waals surface area contributed by atoms with E-state index in [4.69, 9.17) is 0 Å². The van der Waals surface area contributed by atoms with E-state index in [-0.39, 0.29) is 5.56 Å². The number of nitrogens with zero attached hydrogens (tertiary/aromatic N) is 1. The van der Waals surface area contributed by atoms with Crippen LogP contribution in [0.4, 0.5) is 0 Å². The Morgan fingerprint density at radius 1 is 1.35 bits per heavy atom. The second kappa shape index (κ2) is 4.47. The fourth-order valence-corrected chi connectivity index (χ4v) is 3.16. The van der Waals surface area contributed by atoms with Gasteiger partial charge in [-0.25, -0.2) is 0 Å².